The lowest BCUT2D eigenvalue weighted by molar-refractivity contribution is 0.0970. The highest BCUT2D eigenvalue weighted by Crippen LogP contribution is 2.42. The number of ether oxygens (including phenoxy) is 2. The number of aromatic hydroxyl groups is 1. The fourth-order valence-electron chi connectivity index (χ4n) is 3.07. The summed E-state index contributed by atoms with van der Waals surface area (Å²) in [5, 5.41) is 9.52. The third-order valence-corrected chi connectivity index (χ3v) is 4.38. The van der Waals surface area contributed by atoms with Crippen LogP contribution in [0.25, 0.3) is 0 Å². The Morgan fingerprint density at radius 3 is 2.00 bits per heavy atom. The molecule has 1 aliphatic rings. The minimum Gasteiger partial charge on any atom is -0.506 e. The molecule has 0 saturated carbocycles. The minimum atomic E-state index is -0.915. The summed E-state index contributed by atoms with van der Waals surface area (Å²) in [5.74, 6) is -1.37. The first-order valence-electron chi connectivity index (χ1n) is 7.24. The molecule has 1 N–H and O–H groups in total. The number of halogens is 1. The van der Waals surface area contributed by atoms with E-state index in [4.69, 9.17) is 21.1 Å². The third kappa shape index (κ3) is 2.29. The van der Waals surface area contributed by atoms with Crippen molar-refractivity contribution in [1.82, 2.24) is 0 Å². The van der Waals surface area contributed by atoms with E-state index in [0.717, 1.165) is 0 Å². The van der Waals surface area contributed by atoms with Crippen molar-refractivity contribution in [2.75, 3.05) is 14.2 Å². The maximum absolute atomic E-state index is 13.0. The van der Waals surface area contributed by atoms with Crippen molar-refractivity contribution in [2.45, 2.75) is 6.92 Å². The first kappa shape index (κ1) is 17.0. The minimum absolute atomic E-state index is 0.0132. The molecule has 1 aliphatic carbocycles. The molecular weight excluding hydrogens is 348 g/mol. The number of aryl methyl sites for hydroxylation is 1. The van der Waals surface area contributed by atoms with E-state index in [2.05, 4.69) is 0 Å². The lowest BCUT2D eigenvalue weighted by Crippen LogP contribution is -2.24. The highest BCUT2D eigenvalue weighted by atomic mass is 35.5. The third-order valence-electron chi connectivity index (χ3n) is 4.19. The lowest BCUT2D eigenvalue weighted by atomic mass is 9.80. The number of methoxy groups -OCH3 is 2. The Kier molecular flexibility index (Phi) is 4.00. The molecule has 128 valence electrons. The SMILES string of the molecule is COc1ccc(OC)c2c1C(=O)c1cc(C)c(C(=O)Cl)c(O)c1C2=O. The van der Waals surface area contributed by atoms with E-state index in [1.54, 1.807) is 0 Å². The molecule has 0 fully saturated rings. The summed E-state index contributed by atoms with van der Waals surface area (Å²) in [6.45, 7) is 1.52. The smallest absolute Gasteiger partial charge is 0.256 e. The predicted molar refractivity (Wildman–Crippen MR) is 89.4 cm³/mol. The first-order chi connectivity index (χ1) is 11.8. The average Bonchev–Trinajstić information content (AvgIpc) is 2.57. The number of benzene rings is 2. The lowest BCUT2D eigenvalue weighted by Gasteiger charge is -2.23. The molecule has 0 amide bonds. The van der Waals surface area contributed by atoms with Crippen molar-refractivity contribution in [3.8, 4) is 17.2 Å². The van der Waals surface area contributed by atoms with Crippen LogP contribution in [0.5, 0.6) is 17.2 Å². The van der Waals surface area contributed by atoms with Crippen LogP contribution in [0.1, 0.15) is 47.8 Å². The molecule has 3 rings (SSSR count). The molecular formula is C18H13ClO6. The Morgan fingerprint density at radius 1 is 1.00 bits per heavy atom. The Bertz CT molecular complexity index is 961. The summed E-state index contributed by atoms with van der Waals surface area (Å²) in [6, 6.07) is 4.39. The summed E-state index contributed by atoms with van der Waals surface area (Å²) < 4.78 is 10.4. The van der Waals surface area contributed by atoms with Gasteiger partial charge in [-0.05, 0) is 42.3 Å². The maximum atomic E-state index is 13.0. The van der Waals surface area contributed by atoms with Gasteiger partial charge in [0.05, 0.1) is 36.5 Å². The van der Waals surface area contributed by atoms with Crippen LogP contribution in [0.3, 0.4) is 0 Å². The fraction of sp³-hybridized carbons (Fsp3) is 0.167. The van der Waals surface area contributed by atoms with Crippen molar-refractivity contribution in [3.63, 3.8) is 0 Å². The van der Waals surface area contributed by atoms with Gasteiger partial charge in [0.25, 0.3) is 5.24 Å². The number of ketones is 2. The van der Waals surface area contributed by atoms with Crippen molar-refractivity contribution in [3.05, 3.63) is 51.6 Å². The molecule has 6 nitrogen and oxygen atoms in total. The van der Waals surface area contributed by atoms with E-state index >= 15 is 0 Å². The molecule has 25 heavy (non-hydrogen) atoms. The van der Waals surface area contributed by atoms with Crippen molar-refractivity contribution in [2.24, 2.45) is 0 Å². The molecule has 0 bridgehead atoms. The molecule has 2 aromatic carbocycles. The number of carbonyl (C=O) groups excluding carboxylic acids is 3. The van der Waals surface area contributed by atoms with Crippen LogP contribution in [-0.4, -0.2) is 36.1 Å². The fourth-order valence-corrected chi connectivity index (χ4v) is 3.31. The van der Waals surface area contributed by atoms with Crippen LogP contribution >= 0.6 is 11.6 Å². The molecule has 0 saturated heterocycles. The van der Waals surface area contributed by atoms with Gasteiger partial charge in [0, 0.05) is 5.56 Å². The quantitative estimate of drug-likeness (QED) is 0.722. The maximum Gasteiger partial charge on any atom is 0.256 e. The van der Waals surface area contributed by atoms with Crippen LogP contribution in [0.15, 0.2) is 18.2 Å². The zero-order chi connectivity index (χ0) is 18.5. The second kappa shape index (κ2) is 5.89. The Balaban J connectivity index is 2.42. The summed E-state index contributed by atoms with van der Waals surface area (Å²) in [5.41, 5.74) is -0.150. The topological polar surface area (TPSA) is 89.9 Å². The summed E-state index contributed by atoms with van der Waals surface area (Å²) in [7, 11) is 2.74. The summed E-state index contributed by atoms with van der Waals surface area (Å²) in [6.07, 6.45) is 0. The summed E-state index contributed by atoms with van der Waals surface area (Å²) in [4.78, 5) is 37.6. The van der Waals surface area contributed by atoms with E-state index in [-0.39, 0.29) is 39.3 Å². The van der Waals surface area contributed by atoms with E-state index < -0.39 is 22.6 Å². The monoisotopic (exact) mass is 360 g/mol. The van der Waals surface area contributed by atoms with Crippen LogP contribution in [0.2, 0.25) is 0 Å². The van der Waals surface area contributed by atoms with Gasteiger partial charge >= 0.3 is 0 Å². The number of phenolic OH excluding ortho intramolecular Hbond substituents is 1. The van der Waals surface area contributed by atoms with Crippen molar-refractivity contribution >= 4 is 28.4 Å². The predicted octanol–water partition coefficient (Wildman–Crippen LogP) is 2.87. The average molecular weight is 361 g/mol. The van der Waals surface area contributed by atoms with Gasteiger partial charge in [0.15, 0.2) is 5.78 Å². The van der Waals surface area contributed by atoms with Crippen LogP contribution < -0.4 is 9.47 Å². The number of phenols is 1. The van der Waals surface area contributed by atoms with Crippen LogP contribution in [0, 0.1) is 6.92 Å². The molecule has 0 atom stereocenters. The number of hydrogen-bond acceptors (Lipinski definition) is 6. The van der Waals surface area contributed by atoms with Gasteiger partial charge in [-0.2, -0.15) is 0 Å². The molecule has 2 aromatic rings. The molecule has 0 unspecified atom stereocenters. The Labute approximate surface area is 147 Å². The zero-order valence-electron chi connectivity index (χ0n) is 13.6. The van der Waals surface area contributed by atoms with E-state index in [1.807, 2.05) is 0 Å². The standard InChI is InChI=1S/C18H13ClO6/c1-7-6-8-12(16(21)11(7)18(19)23)17(22)14-10(25-3)5-4-9(24-2)13(14)15(8)20/h4-6,21H,1-3H3. The zero-order valence-corrected chi connectivity index (χ0v) is 14.4. The van der Waals surface area contributed by atoms with Crippen molar-refractivity contribution in [1.29, 1.82) is 0 Å². The Hall–Kier alpha value is -2.86. The highest BCUT2D eigenvalue weighted by Gasteiger charge is 2.38. The second-order valence-corrected chi connectivity index (χ2v) is 5.83. The normalized spacial score (nSPS) is 12.5. The number of carbonyl (C=O) groups is 3. The van der Waals surface area contributed by atoms with E-state index in [0.29, 0.717) is 5.56 Å². The van der Waals surface area contributed by atoms with Gasteiger partial charge in [-0.15, -0.1) is 0 Å². The molecule has 0 heterocycles. The van der Waals surface area contributed by atoms with Gasteiger partial charge in [-0.1, -0.05) is 0 Å². The largest absolute Gasteiger partial charge is 0.506 e. The van der Waals surface area contributed by atoms with Gasteiger partial charge in [-0.25, -0.2) is 0 Å². The second-order valence-electron chi connectivity index (χ2n) is 5.49. The highest BCUT2D eigenvalue weighted by molar-refractivity contribution is 6.68. The molecule has 0 spiro atoms. The molecule has 7 heteroatoms. The summed E-state index contributed by atoms with van der Waals surface area (Å²) >= 11 is 5.51. The number of rotatable bonds is 3. The van der Waals surface area contributed by atoms with Crippen molar-refractivity contribution < 1.29 is 29.0 Å². The molecule has 0 aliphatic heterocycles. The van der Waals surface area contributed by atoms with Crippen LogP contribution in [0.4, 0.5) is 0 Å². The van der Waals surface area contributed by atoms with Crippen LogP contribution in [-0.2, 0) is 0 Å². The van der Waals surface area contributed by atoms with E-state index in [9.17, 15) is 19.5 Å². The van der Waals surface area contributed by atoms with Gasteiger partial charge < -0.3 is 14.6 Å². The van der Waals surface area contributed by atoms with E-state index in [1.165, 1.54) is 39.3 Å². The first-order valence-corrected chi connectivity index (χ1v) is 7.62. The number of hydrogen-bond donors (Lipinski definition) is 1. The molecule has 0 aromatic heterocycles. The number of fused-ring (bicyclic) bond motifs is 2. The van der Waals surface area contributed by atoms with Gasteiger partial charge in [-0.3, -0.25) is 14.4 Å². The van der Waals surface area contributed by atoms with Gasteiger partial charge in [0.2, 0.25) is 5.78 Å². The molecule has 0 radical (unpaired) electrons. The Morgan fingerprint density at radius 2 is 1.52 bits per heavy atom. The van der Waals surface area contributed by atoms with Gasteiger partial charge in [0.1, 0.15) is 17.2 Å².